The van der Waals surface area contributed by atoms with Crippen molar-refractivity contribution in [3.05, 3.63) is 12.3 Å². The number of carbonyl (C=O) groups is 1. The molecule has 1 aliphatic heterocycles. The molecular weight excluding hydrogens is 264 g/mol. The molecule has 2 aliphatic rings. The van der Waals surface area contributed by atoms with Crippen LogP contribution in [-0.4, -0.2) is 33.3 Å². The van der Waals surface area contributed by atoms with Crippen molar-refractivity contribution in [3.8, 4) is 0 Å². The lowest BCUT2D eigenvalue weighted by atomic mass is 9.92. The van der Waals surface area contributed by atoms with Crippen LogP contribution in [0.15, 0.2) is 12.3 Å². The Morgan fingerprint density at radius 1 is 1.29 bits per heavy atom. The minimum Gasteiger partial charge on any atom is -0.321 e. The van der Waals surface area contributed by atoms with Crippen molar-refractivity contribution in [1.82, 2.24) is 14.7 Å². The van der Waals surface area contributed by atoms with E-state index in [1.165, 1.54) is 19.3 Å². The summed E-state index contributed by atoms with van der Waals surface area (Å²) < 4.78 is 1.88. The second kappa shape index (κ2) is 5.35. The van der Waals surface area contributed by atoms with Gasteiger partial charge in [-0.1, -0.05) is 6.42 Å². The van der Waals surface area contributed by atoms with Gasteiger partial charge in [-0.05, 0) is 52.4 Å². The molecule has 0 aromatic carbocycles. The number of hydrogen-bond donors (Lipinski definition) is 1. The maximum atomic E-state index is 12.7. The van der Waals surface area contributed by atoms with E-state index in [0.717, 1.165) is 31.1 Å². The van der Waals surface area contributed by atoms with E-state index in [4.69, 9.17) is 0 Å². The quantitative estimate of drug-likeness (QED) is 0.861. The van der Waals surface area contributed by atoms with Gasteiger partial charge in [0, 0.05) is 18.7 Å². The lowest BCUT2D eigenvalue weighted by Gasteiger charge is -2.37. The summed E-state index contributed by atoms with van der Waals surface area (Å²) in [6.45, 7) is 7.15. The zero-order chi connectivity index (χ0) is 15.0. The third-order valence-corrected chi connectivity index (χ3v) is 4.77. The minimum absolute atomic E-state index is 0.0394. The highest BCUT2D eigenvalue weighted by molar-refractivity contribution is 5.88. The molecule has 1 saturated carbocycles. The molecule has 2 heterocycles. The van der Waals surface area contributed by atoms with Crippen molar-refractivity contribution in [1.29, 1.82) is 0 Å². The molecule has 5 nitrogen and oxygen atoms in total. The molecule has 1 aromatic rings. The van der Waals surface area contributed by atoms with Crippen LogP contribution in [0.4, 0.5) is 10.6 Å². The molecule has 5 heteroatoms. The topological polar surface area (TPSA) is 50.2 Å². The van der Waals surface area contributed by atoms with Crippen molar-refractivity contribution >= 4 is 11.8 Å². The number of likely N-dealkylation sites (tertiary alicyclic amines) is 1. The fourth-order valence-corrected chi connectivity index (χ4v) is 3.82. The summed E-state index contributed by atoms with van der Waals surface area (Å²) in [5.74, 6) is 1.50. The number of nitrogens with one attached hydrogen (secondary N) is 1. The Kier molecular flexibility index (Phi) is 3.68. The Bertz CT molecular complexity index is 517. The minimum atomic E-state index is -0.135. The van der Waals surface area contributed by atoms with Gasteiger partial charge in [-0.3, -0.25) is 5.32 Å². The zero-order valence-corrected chi connectivity index (χ0v) is 13.3. The van der Waals surface area contributed by atoms with Crippen LogP contribution < -0.4 is 5.32 Å². The molecule has 0 bridgehead atoms. The molecule has 1 saturated heterocycles. The standard InChI is InChI=1S/C16H26N4O/c1-16(2,3)20-14(9-10-17-20)18-15(21)19-11-5-7-12-6-4-8-13(12)19/h9-10,12-13H,4-8,11H2,1-3H3,(H,18,21)/t12-,13+/m0/s1. The smallest absolute Gasteiger partial charge is 0.321 e. The van der Waals surface area contributed by atoms with E-state index >= 15 is 0 Å². The van der Waals surface area contributed by atoms with Crippen LogP contribution in [-0.2, 0) is 5.54 Å². The van der Waals surface area contributed by atoms with Gasteiger partial charge in [0.1, 0.15) is 5.82 Å². The number of nitrogens with zero attached hydrogens (tertiary/aromatic N) is 3. The highest BCUT2D eigenvalue weighted by atomic mass is 16.2. The second-order valence-corrected chi connectivity index (χ2v) is 7.32. The van der Waals surface area contributed by atoms with Crippen molar-refractivity contribution in [3.63, 3.8) is 0 Å². The van der Waals surface area contributed by atoms with Crippen LogP contribution in [0.1, 0.15) is 52.9 Å². The van der Waals surface area contributed by atoms with Crippen LogP contribution in [0.3, 0.4) is 0 Å². The van der Waals surface area contributed by atoms with Crippen molar-refractivity contribution < 1.29 is 4.79 Å². The summed E-state index contributed by atoms with van der Waals surface area (Å²) in [5, 5.41) is 7.40. The Hall–Kier alpha value is -1.52. The fraction of sp³-hybridized carbons (Fsp3) is 0.750. The third kappa shape index (κ3) is 2.78. The summed E-state index contributed by atoms with van der Waals surface area (Å²) >= 11 is 0. The third-order valence-electron chi connectivity index (χ3n) is 4.77. The number of anilines is 1. The largest absolute Gasteiger partial charge is 0.323 e. The maximum Gasteiger partial charge on any atom is 0.323 e. The van der Waals surface area contributed by atoms with Gasteiger partial charge in [-0.25, -0.2) is 9.48 Å². The highest BCUT2D eigenvalue weighted by Crippen LogP contribution is 2.37. The van der Waals surface area contributed by atoms with Gasteiger partial charge in [-0.2, -0.15) is 5.10 Å². The predicted octanol–water partition coefficient (Wildman–Crippen LogP) is 3.43. The average molecular weight is 290 g/mol. The number of piperidine rings is 1. The summed E-state index contributed by atoms with van der Waals surface area (Å²) in [6.07, 6.45) is 7.88. The van der Waals surface area contributed by atoms with Gasteiger partial charge in [0.25, 0.3) is 0 Å². The number of amides is 2. The van der Waals surface area contributed by atoms with Crippen molar-refractivity contribution in [2.75, 3.05) is 11.9 Å². The Balaban J connectivity index is 1.73. The van der Waals surface area contributed by atoms with E-state index in [9.17, 15) is 4.79 Å². The van der Waals surface area contributed by atoms with Crippen molar-refractivity contribution in [2.45, 2.75) is 64.5 Å². The van der Waals surface area contributed by atoms with Gasteiger partial charge in [0.2, 0.25) is 0 Å². The molecule has 0 radical (unpaired) electrons. The zero-order valence-electron chi connectivity index (χ0n) is 13.3. The lowest BCUT2D eigenvalue weighted by Crippen LogP contribution is -2.48. The molecule has 116 valence electrons. The number of rotatable bonds is 1. The lowest BCUT2D eigenvalue weighted by molar-refractivity contribution is 0.138. The number of fused-ring (bicyclic) bond motifs is 1. The molecule has 0 spiro atoms. The fourth-order valence-electron chi connectivity index (χ4n) is 3.82. The molecule has 2 amide bonds. The summed E-state index contributed by atoms with van der Waals surface area (Å²) in [4.78, 5) is 14.7. The molecule has 2 fully saturated rings. The van der Waals surface area contributed by atoms with E-state index in [1.807, 2.05) is 10.7 Å². The van der Waals surface area contributed by atoms with E-state index in [1.54, 1.807) is 6.20 Å². The van der Waals surface area contributed by atoms with E-state index in [2.05, 4.69) is 36.1 Å². The predicted molar refractivity (Wildman–Crippen MR) is 83.3 cm³/mol. The van der Waals surface area contributed by atoms with Gasteiger partial charge in [0.15, 0.2) is 0 Å². The first-order valence-electron chi connectivity index (χ1n) is 8.09. The molecule has 1 aliphatic carbocycles. The number of aromatic nitrogens is 2. The van der Waals surface area contributed by atoms with Gasteiger partial charge in [0.05, 0.1) is 11.7 Å². The number of hydrogen-bond acceptors (Lipinski definition) is 2. The Morgan fingerprint density at radius 2 is 2.05 bits per heavy atom. The second-order valence-electron chi connectivity index (χ2n) is 7.32. The first kappa shape index (κ1) is 14.4. The molecule has 21 heavy (non-hydrogen) atoms. The molecule has 0 unspecified atom stereocenters. The Labute approximate surface area is 126 Å². The molecule has 1 N–H and O–H groups in total. The van der Waals surface area contributed by atoms with Crippen LogP contribution in [0.2, 0.25) is 0 Å². The van der Waals surface area contributed by atoms with Crippen LogP contribution in [0, 0.1) is 5.92 Å². The Morgan fingerprint density at radius 3 is 2.81 bits per heavy atom. The van der Waals surface area contributed by atoms with Crippen LogP contribution in [0.25, 0.3) is 0 Å². The van der Waals surface area contributed by atoms with Crippen LogP contribution in [0.5, 0.6) is 0 Å². The number of carbonyl (C=O) groups excluding carboxylic acids is 1. The highest BCUT2D eigenvalue weighted by Gasteiger charge is 2.37. The molecule has 3 rings (SSSR count). The maximum absolute atomic E-state index is 12.7. The first-order valence-corrected chi connectivity index (χ1v) is 8.09. The average Bonchev–Trinajstić information content (AvgIpc) is 3.04. The SMILES string of the molecule is CC(C)(C)n1nccc1NC(=O)N1CCC[C@@H]2CCC[C@H]21. The number of urea groups is 1. The van der Waals surface area contributed by atoms with Crippen LogP contribution >= 0.6 is 0 Å². The molecule has 2 atom stereocenters. The molecule has 1 aromatic heterocycles. The summed E-state index contributed by atoms with van der Waals surface area (Å²) in [5.41, 5.74) is -0.135. The normalized spacial score (nSPS) is 25.8. The van der Waals surface area contributed by atoms with Gasteiger partial charge in [-0.15, -0.1) is 0 Å². The van der Waals surface area contributed by atoms with Crippen molar-refractivity contribution in [2.24, 2.45) is 5.92 Å². The monoisotopic (exact) mass is 290 g/mol. The summed E-state index contributed by atoms with van der Waals surface area (Å²) in [6, 6.07) is 2.36. The van der Waals surface area contributed by atoms with E-state index < -0.39 is 0 Å². The van der Waals surface area contributed by atoms with Gasteiger partial charge < -0.3 is 4.90 Å². The summed E-state index contributed by atoms with van der Waals surface area (Å²) in [7, 11) is 0. The van der Waals surface area contributed by atoms with E-state index in [0.29, 0.717) is 6.04 Å². The van der Waals surface area contributed by atoms with Gasteiger partial charge >= 0.3 is 6.03 Å². The first-order chi connectivity index (χ1) is 9.97. The molecular formula is C16H26N4O. The van der Waals surface area contributed by atoms with E-state index in [-0.39, 0.29) is 11.6 Å².